The van der Waals surface area contributed by atoms with Crippen LogP contribution >= 0.6 is 0 Å². The first-order valence-corrected chi connectivity index (χ1v) is 5.79. The van der Waals surface area contributed by atoms with Crippen LogP contribution in [0.4, 0.5) is 0 Å². The summed E-state index contributed by atoms with van der Waals surface area (Å²) in [6.07, 6.45) is 5.84. The van der Waals surface area contributed by atoms with E-state index in [0.29, 0.717) is 6.42 Å². The molecule has 0 saturated carbocycles. The molecule has 15 heavy (non-hydrogen) atoms. The predicted molar refractivity (Wildman–Crippen MR) is 56.9 cm³/mol. The lowest BCUT2D eigenvalue weighted by atomic mass is 9.80. The van der Waals surface area contributed by atoms with Crippen molar-refractivity contribution in [3.63, 3.8) is 0 Å². The first-order valence-electron chi connectivity index (χ1n) is 5.79. The average Bonchev–Trinajstić information content (AvgIpc) is 2.37. The van der Waals surface area contributed by atoms with Gasteiger partial charge in [-0.15, -0.1) is 0 Å². The topological polar surface area (TPSA) is 38.7 Å². The molecule has 0 amide bonds. The molecule has 3 nitrogen and oxygen atoms in total. The number of hydrogen-bond acceptors (Lipinski definition) is 3. The molecule has 1 N–H and O–H groups in total. The molecule has 0 aromatic rings. The Bertz CT molecular complexity index is 285. The fraction of sp³-hybridized carbons (Fsp3) is 0.833. The Morgan fingerprint density at radius 1 is 1.33 bits per heavy atom. The van der Waals surface area contributed by atoms with Gasteiger partial charge in [0, 0.05) is 12.0 Å². The van der Waals surface area contributed by atoms with E-state index in [1.165, 1.54) is 0 Å². The van der Waals surface area contributed by atoms with Gasteiger partial charge in [0.15, 0.2) is 0 Å². The molecule has 1 saturated heterocycles. The van der Waals surface area contributed by atoms with Gasteiger partial charge in [0.2, 0.25) is 5.79 Å². The molecule has 2 atom stereocenters. The van der Waals surface area contributed by atoms with Crippen molar-refractivity contribution >= 4 is 0 Å². The van der Waals surface area contributed by atoms with Crippen LogP contribution in [0.3, 0.4) is 0 Å². The first-order chi connectivity index (χ1) is 6.99. The van der Waals surface area contributed by atoms with Crippen LogP contribution in [0.25, 0.3) is 0 Å². The van der Waals surface area contributed by atoms with Crippen LogP contribution in [-0.2, 0) is 9.78 Å². The van der Waals surface area contributed by atoms with Crippen molar-refractivity contribution < 1.29 is 14.9 Å². The number of hydrogen-bond donors (Lipinski definition) is 1. The van der Waals surface area contributed by atoms with E-state index in [2.05, 4.69) is 19.9 Å². The summed E-state index contributed by atoms with van der Waals surface area (Å²) < 4.78 is 0. The van der Waals surface area contributed by atoms with Gasteiger partial charge in [-0.3, -0.25) is 0 Å². The Labute approximate surface area is 91.0 Å². The molecule has 0 aromatic heterocycles. The highest BCUT2D eigenvalue weighted by Gasteiger charge is 2.54. The van der Waals surface area contributed by atoms with Crippen molar-refractivity contribution in [3.05, 3.63) is 11.6 Å². The molecule has 1 heterocycles. The minimum atomic E-state index is -1.17. The van der Waals surface area contributed by atoms with Crippen LogP contribution in [-0.4, -0.2) is 16.5 Å². The number of fused-ring (bicyclic) bond motifs is 1. The smallest absolute Gasteiger partial charge is 0.224 e. The lowest BCUT2D eigenvalue weighted by Crippen LogP contribution is -2.37. The van der Waals surface area contributed by atoms with Gasteiger partial charge in [0.05, 0.1) is 0 Å². The third-order valence-electron chi connectivity index (χ3n) is 3.73. The number of rotatable bonds is 1. The fourth-order valence-corrected chi connectivity index (χ4v) is 2.33. The first kappa shape index (κ1) is 11.1. The Hall–Kier alpha value is -0.380. The fourth-order valence-electron chi connectivity index (χ4n) is 2.33. The van der Waals surface area contributed by atoms with Crippen molar-refractivity contribution in [1.82, 2.24) is 0 Å². The molecule has 0 radical (unpaired) electrons. The van der Waals surface area contributed by atoms with Crippen molar-refractivity contribution in [3.8, 4) is 0 Å². The lowest BCUT2D eigenvalue weighted by Gasteiger charge is -2.28. The molecule has 2 unspecified atom stereocenters. The summed E-state index contributed by atoms with van der Waals surface area (Å²) in [7, 11) is 0. The molecule has 1 fully saturated rings. The van der Waals surface area contributed by atoms with Gasteiger partial charge >= 0.3 is 0 Å². The monoisotopic (exact) mass is 212 g/mol. The standard InChI is InChI=1S/C12H20O3/c1-9(2)11(3)10-7-5-4-6-8-12(10,13)15-14-11/h7,9,13H,4-6,8H2,1-3H3. The Kier molecular flexibility index (Phi) is 2.65. The van der Waals surface area contributed by atoms with Gasteiger partial charge in [-0.1, -0.05) is 19.9 Å². The van der Waals surface area contributed by atoms with E-state index in [9.17, 15) is 5.11 Å². The molecule has 0 bridgehead atoms. The van der Waals surface area contributed by atoms with E-state index in [1.54, 1.807) is 0 Å². The van der Waals surface area contributed by atoms with Crippen molar-refractivity contribution in [2.24, 2.45) is 5.92 Å². The summed E-state index contributed by atoms with van der Waals surface area (Å²) in [6.45, 7) is 6.16. The zero-order valence-electron chi connectivity index (χ0n) is 9.75. The van der Waals surface area contributed by atoms with E-state index in [0.717, 1.165) is 24.8 Å². The van der Waals surface area contributed by atoms with Gasteiger partial charge in [-0.25, -0.2) is 4.89 Å². The summed E-state index contributed by atoms with van der Waals surface area (Å²) >= 11 is 0. The van der Waals surface area contributed by atoms with Crippen LogP contribution in [0.1, 0.15) is 46.5 Å². The molecular formula is C12H20O3. The third kappa shape index (κ3) is 1.63. The summed E-state index contributed by atoms with van der Waals surface area (Å²) in [5.41, 5.74) is 0.446. The zero-order valence-corrected chi connectivity index (χ0v) is 9.75. The third-order valence-corrected chi connectivity index (χ3v) is 3.73. The molecule has 86 valence electrons. The van der Waals surface area contributed by atoms with Gasteiger partial charge < -0.3 is 5.11 Å². The van der Waals surface area contributed by atoms with Crippen LogP contribution < -0.4 is 0 Å². The van der Waals surface area contributed by atoms with Crippen molar-refractivity contribution in [2.75, 3.05) is 0 Å². The SMILES string of the molecule is CC(C)C1(C)OOC2(O)CCCCC=C21. The highest BCUT2D eigenvalue weighted by atomic mass is 17.2. The normalized spacial score (nSPS) is 41.3. The van der Waals surface area contributed by atoms with Crippen LogP contribution in [0.2, 0.25) is 0 Å². The molecule has 1 aliphatic heterocycles. The molecule has 0 spiro atoms. The van der Waals surface area contributed by atoms with Gasteiger partial charge in [-0.2, -0.15) is 4.89 Å². The van der Waals surface area contributed by atoms with E-state index >= 15 is 0 Å². The average molecular weight is 212 g/mol. The number of allylic oxidation sites excluding steroid dienone is 1. The predicted octanol–water partition coefficient (Wildman–Crippen LogP) is 2.55. The van der Waals surface area contributed by atoms with Gasteiger partial charge in [-0.05, 0) is 32.1 Å². The largest absolute Gasteiger partial charge is 0.360 e. The van der Waals surface area contributed by atoms with Crippen LogP contribution in [0.5, 0.6) is 0 Å². The summed E-state index contributed by atoms with van der Waals surface area (Å²) in [5, 5.41) is 10.4. The maximum atomic E-state index is 10.4. The zero-order chi connectivity index (χ0) is 11.1. The van der Waals surface area contributed by atoms with E-state index in [-0.39, 0.29) is 5.92 Å². The minimum absolute atomic E-state index is 0.288. The maximum absolute atomic E-state index is 10.4. The Morgan fingerprint density at radius 2 is 2.07 bits per heavy atom. The van der Waals surface area contributed by atoms with E-state index in [1.807, 2.05) is 6.92 Å². The molecule has 2 rings (SSSR count). The molecule has 3 heteroatoms. The summed E-state index contributed by atoms with van der Waals surface area (Å²) in [6, 6.07) is 0. The van der Waals surface area contributed by atoms with Crippen molar-refractivity contribution in [1.29, 1.82) is 0 Å². The minimum Gasteiger partial charge on any atom is -0.360 e. The maximum Gasteiger partial charge on any atom is 0.224 e. The Morgan fingerprint density at radius 3 is 2.73 bits per heavy atom. The molecule has 0 aromatic carbocycles. The molecule has 1 aliphatic carbocycles. The highest BCUT2D eigenvalue weighted by molar-refractivity contribution is 5.27. The summed E-state index contributed by atoms with van der Waals surface area (Å²) in [4.78, 5) is 10.6. The second-order valence-electron chi connectivity index (χ2n) is 5.08. The van der Waals surface area contributed by atoms with Gasteiger partial charge in [0.25, 0.3) is 0 Å². The van der Waals surface area contributed by atoms with Crippen LogP contribution in [0, 0.1) is 5.92 Å². The van der Waals surface area contributed by atoms with E-state index < -0.39 is 11.4 Å². The van der Waals surface area contributed by atoms with Gasteiger partial charge in [0.1, 0.15) is 5.60 Å². The second-order valence-corrected chi connectivity index (χ2v) is 5.08. The quantitative estimate of drug-likeness (QED) is 0.536. The molecule has 2 aliphatic rings. The summed E-state index contributed by atoms with van der Waals surface area (Å²) in [5.74, 6) is -0.883. The molecular weight excluding hydrogens is 192 g/mol. The highest BCUT2D eigenvalue weighted by Crippen LogP contribution is 2.47. The lowest BCUT2D eigenvalue weighted by molar-refractivity contribution is -0.396. The van der Waals surface area contributed by atoms with Crippen LogP contribution in [0.15, 0.2) is 11.6 Å². The Balaban J connectivity index is 2.37. The second kappa shape index (κ2) is 3.58. The van der Waals surface area contributed by atoms with E-state index in [4.69, 9.17) is 9.78 Å². The number of aliphatic hydroxyl groups is 1. The van der Waals surface area contributed by atoms with Crippen molar-refractivity contribution in [2.45, 2.75) is 57.8 Å².